The number of rotatable bonds is 2. The van der Waals surface area contributed by atoms with Crippen LogP contribution in [0.5, 0.6) is 0 Å². The minimum Gasteiger partial charge on any atom is -0.399 e. The Kier molecular flexibility index (Phi) is 3.14. The second kappa shape index (κ2) is 4.60. The summed E-state index contributed by atoms with van der Waals surface area (Å²) < 4.78 is 40.5. The summed E-state index contributed by atoms with van der Waals surface area (Å²) in [6, 6.07) is 6.20. The molecule has 0 spiro atoms. The zero-order valence-corrected chi connectivity index (χ0v) is 9.60. The highest BCUT2D eigenvalue weighted by molar-refractivity contribution is 5.64. The van der Waals surface area contributed by atoms with Crippen LogP contribution in [0.1, 0.15) is 5.56 Å². The molecule has 0 atom stereocenters. The van der Waals surface area contributed by atoms with Crippen LogP contribution in [0.4, 0.5) is 30.2 Å². The van der Waals surface area contributed by atoms with Crippen LogP contribution in [-0.4, -0.2) is 0 Å². The summed E-state index contributed by atoms with van der Waals surface area (Å²) in [6.07, 6.45) is 0. The van der Waals surface area contributed by atoms with Gasteiger partial charge in [0.1, 0.15) is 11.5 Å². The first-order valence-corrected chi connectivity index (χ1v) is 5.25. The molecule has 5 heteroatoms. The van der Waals surface area contributed by atoms with E-state index in [9.17, 15) is 13.2 Å². The van der Waals surface area contributed by atoms with Crippen molar-refractivity contribution in [1.29, 1.82) is 0 Å². The molecule has 0 aromatic heterocycles. The van der Waals surface area contributed by atoms with E-state index >= 15 is 0 Å². The Balaban J connectivity index is 2.43. The van der Waals surface area contributed by atoms with Gasteiger partial charge in [-0.05, 0) is 36.8 Å². The SMILES string of the molecule is Cc1ccc(F)c(Nc2c(F)cc(N)cc2F)c1. The molecule has 2 aromatic carbocycles. The Morgan fingerprint density at radius 2 is 1.56 bits per heavy atom. The number of nitrogens with two attached hydrogens (primary N) is 1. The van der Waals surface area contributed by atoms with Crippen LogP contribution in [0.25, 0.3) is 0 Å². The number of nitrogens with one attached hydrogen (secondary N) is 1. The van der Waals surface area contributed by atoms with Gasteiger partial charge in [0.15, 0.2) is 11.6 Å². The maximum atomic E-state index is 13.5. The third-order valence-corrected chi connectivity index (χ3v) is 2.45. The van der Waals surface area contributed by atoms with Crippen molar-refractivity contribution in [1.82, 2.24) is 0 Å². The predicted molar refractivity (Wildman–Crippen MR) is 65.2 cm³/mol. The summed E-state index contributed by atoms with van der Waals surface area (Å²) in [7, 11) is 0. The highest BCUT2D eigenvalue weighted by Gasteiger charge is 2.12. The molecule has 0 aliphatic heterocycles. The number of nitrogen functional groups attached to an aromatic ring is 1. The van der Waals surface area contributed by atoms with E-state index in [1.807, 2.05) is 0 Å². The van der Waals surface area contributed by atoms with Gasteiger partial charge in [0.05, 0.1) is 5.69 Å². The van der Waals surface area contributed by atoms with Crippen molar-refractivity contribution in [2.75, 3.05) is 11.1 Å². The molecule has 0 aliphatic rings. The third kappa shape index (κ3) is 2.40. The van der Waals surface area contributed by atoms with Crippen LogP contribution >= 0.6 is 0 Å². The molecule has 3 N–H and O–H groups in total. The lowest BCUT2D eigenvalue weighted by Gasteiger charge is -2.11. The standard InChI is InChI=1S/C13H11F3N2/c1-7-2-3-9(14)12(4-7)18-13-10(15)5-8(17)6-11(13)16/h2-6,18H,17H2,1H3. The van der Waals surface area contributed by atoms with Crippen LogP contribution in [0.15, 0.2) is 30.3 Å². The van der Waals surface area contributed by atoms with Gasteiger partial charge in [-0.1, -0.05) is 6.07 Å². The monoisotopic (exact) mass is 252 g/mol. The summed E-state index contributed by atoms with van der Waals surface area (Å²) in [5.41, 5.74) is 5.63. The third-order valence-electron chi connectivity index (χ3n) is 2.45. The van der Waals surface area contributed by atoms with E-state index in [1.54, 1.807) is 13.0 Å². The van der Waals surface area contributed by atoms with Gasteiger partial charge in [-0.15, -0.1) is 0 Å². The molecular weight excluding hydrogens is 241 g/mol. The van der Waals surface area contributed by atoms with E-state index in [1.165, 1.54) is 12.1 Å². The van der Waals surface area contributed by atoms with Crippen LogP contribution in [0.3, 0.4) is 0 Å². The molecule has 0 aliphatic carbocycles. The lowest BCUT2D eigenvalue weighted by Crippen LogP contribution is -2.01. The van der Waals surface area contributed by atoms with E-state index in [-0.39, 0.29) is 11.4 Å². The van der Waals surface area contributed by atoms with Gasteiger partial charge >= 0.3 is 0 Å². The predicted octanol–water partition coefficient (Wildman–Crippen LogP) is 3.74. The first kappa shape index (κ1) is 12.3. The van der Waals surface area contributed by atoms with Gasteiger partial charge in [-0.25, -0.2) is 13.2 Å². The Morgan fingerprint density at radius 3 is 2.17 bits per heavy atom. The van der Waals surface area contributed by atoms with Gasteiger partial charge in [-0.3, -0.25) is 0 Å². The van der Waals surface area contributed by atoms with Crippen molar-refractivity contribution in [2.24, 2.45) is 0 Å². The van der Waals surface area contributed by atoms with Crippen molar-refractivity contribution < 1.29 is 13.2 Å². The van der Waals surface area contributed by atoms with Crippen molar-refractivity contribution in [3.8, 4) is 0 Å². The minimum absolute atomic E-state index is 0.0116. The lowest BCUT2D eigenvalue weighted by molar-refractivity contribution is 0.590. The van der Waals surface area contributed by atoms with Crippen molar-refractivity contribution in [2.45, 2.75) is 6.92 Å². The molecule has 2 aromatic rings. The first-order chi connectivity index (χ1) is 8.47. The summed E-state index contributed by atoms with van der Waals surface area (Å²) >= 11 is 0. The van der Waals surface area contributed by atoms with Crippen molar-refractivity contribution >= 4 is 17.1 Å². The molecule has 0 saturated carbocycles. The fourth-order valence-electron chi connectivity index (χ4n) is 1.58. The van der Waals surface area contributed by atoms with E-state index < -0.39 is 23.1 Å². The molecule has 0 amide bonds. The van der Waals surface area contributed by atoms with Crippen molar-refractivity contribution in [3.05, 3.63) is 53.3 Å². The number of benzene rings is 2. The summed E-state index contributed by atoms with van der Waals surface area (Å²) in [5, 5.41) is 2.40. The van der Waals surface area contributed by atoms with Crippen LogP contribution in [0.2, 0.25) is 0 Å². The zero-order valence-electron chi connectivity index (χ0n) is 9.60. The number of aryl methyl sites for hydroxylation is 1. The fraction of sp³-hybridized carbons (Fsp3) is 0.0769. The second-order valence-electron chi connectivity index (χ2n) is 3.97. The number of hydrogen-bond acceptors (Lipinski definition) is 2. The average molecular weight is 252 g/mol. The van der Waals surface area contributed by atoms with Crippen LogP contribution < -0.4 is 11.1 Å². The van der Waals surface area contributed by atoms with Gasteiger partial charge < -0.3 is 11.1 Å². The number of hydrogen-bond donors (Lipinski definition) is 2. The smallest absolute Gasteiger partial charge is 0.151 e. The number of halogens is 3. The quantitative estimate of drug-likeness (QED) is 0.799. The van der Waals surface area contributed by atoms with E-state index in [0.29, 0.717) is 0 Å². The van der Waals surface area contributed by atoms with Crippen LogP contribution in [0, 0.1) is 24.4 Å². The summed E-state index contributed by atoms with van der Waals surface area (Å²) in [5.74, 6) is -2.32. The first-order valence-electron chi connectivity index (χ1n) is 5.25. The van der Waals surface area contributed by atoms with Gasteiger partial charge in [-0.2, -0.15) is 0 Å². The molecule has 0 saturated heterocycles. The number of anilines is 3. The highest BCUT2D eigenvalue weighted by Crippen LogP contribution is 2.27. The molecule has 0 radical (unpaired) electrons. The van der Waals surface area contributed by atoms with Crippen LogP contribution in [-0.2, 0) is 0 Å². The fourth-order valence-corrected chi connectivity index (χ4v) is 1.58. The molecular formula is C13H11F3N2. The van der Waals surface area contributed by atoms with Gasteiger partial charge in [0, 0.05) is 5.69 Å². The molecule has 0 fully saturated rings. The Hall–Kier alpha value is -2.17. The normalized spacial score (nSPS) is 10.4. The largest absolute Gasteiger partial charge is 0.399 e. The van der Waals surface area contributed by atoms with Gasteiger partial charge in [0.25, 0.3) is 0 Å². The minimum atomic E-state index is -0.867. The molecule has 2 rings (SSSR count). The highest BCUT2D eigenvalue weighted by atomic mass is 19.1. The van der Waals surface area contributed by atoms with E-state index in [2.05, 4.69) is 5.32 Å². The Morgan fingerprint density at radius 1 is 0.944 bits per heavy atom. The average Bonchev–Trinajstić information content (AvgIpc) is 2.28. The molecule has 0 bridgehead atoms. The maximum Gasteiger partial charge on any atom is 0.151 e. The molecule has 0 unspecified atom stereocenters. The topological polar surface area (TPSA) is 38.0 Å². The molecule has 2 nitrogen and oxygen atoms in total. The zero-order chi connectivity index (χ0) is 13.3. The molecule has 94 valence electrons. The molecule has 0 heterocycles. The lowest BCUT2D eigenvalue weighted by atomic mass is 10.2. The maximum absolute atomic E-state index is 13.5. The second-order valence-corrected chi connectivity index (χ2v) is 3.97. The summed E-state index contributed by atoms with van der Waals surface area (Å²) in [6.45, 7) is 1.75. The molecule has 18 heavy (non-hydrogen) atoms. The van der Waals surface area contributed by atoms with Crippen molar-refractivity contribution in [3.63, 3.8) is 0 Å². The summed E-state index contributed by atoms with van der Waals surface area (Å²) in [4.78, 5) is 0. The Bertz CT molecular complexity index is 574. The van der Waals surface area contributed by atoms with E-state index in [4.69, 9.17) is 5.73 Å². The Labute approximate surface area is 102 Å². The van der Waals surface area contributed by atoms with Gasteiger partial charge in [0.2, 0.25) is 0 Å². The van der Waals surface area contributed by atoms with E-state index in [0.717, 1.165) is 17.7 Å².